The molecule has 22 heavy (non-hydrogen) atoms. The highest BCUT2D eigenvalue weighted by molar-refractivity contribution is 5.97. The van der Waals surface area contributed by atoms with Gasteiger partial charge >= 0.3 is 0 Å². The number of benzene rings is 1. The SMILES string of the molecule is CCCC(C)(OCC)C(=O)Nc1ccc(OCC(C)C)cc1. The summed E-state index contributed by atoms with van der Waals surface area (Å²) >= 11 is 0. The van der Waals surface area contributed by atoms with Gasteiger partial charge in [-0.15, -0.1) is 0 Å². The molecule has 124 valence electrons. The van der Waals surface area contributed by atoms with E-state index in [1.54, 1.807) is 0 Å². The summed E-state index contributed by atoms with van der Waals surface area (Å²) in [6.45, 7) is 11.2. The maximum absolute atomic E-state index is 12.4. The first-order valence-corrected chi connectivity index (χ1v) is 8.09. The van der Waals surface area contributed by atoms with Crippen LogP contribution in [-0.2, 0) is 9.53 Å². The number of hydrogen-bond donors (Lipinski definition) is 1. The van der Waals surface area contributed by atoms with Crippen LogP contribution in [0.5, 0.6) is 5.75 Å². The number of amides is 1. The zero-order valence-corrected chi connectivity index (χ0v) is 14.4. The molecule has 1 unspecified atom stereocenters. The van der Waals surface area contributed by atoms with Gasteiger partial charge in [0.05, 0.1) is 6.61 Å². The van der Waals surface area contributed by atoms with Crippen molar-refractivity contribution in [2.24, 2.45) is 5.92 Å². The van der Waals surface area contributed by atoms with Crippen LogP contribution in [0.4, 0.5) is 5.69 Å². The van der Waals surface area contributed by atoms with Crippen molar-refractivity contribution in [3.05, 3.63) is 24.3 Å². The second-order valence-corrected chi connectivity index (χ2v) is 6.10. The number of anilines is 1. The Kier molecular flexibility index (Phi) is 7.39. The molecule has 1 N–H and O–H groups in total. The molecule has 4 nitrogen and oxygen atoms in total. The molecule has 0 bridgehead atoms. The normalized spacial score (nSPS) is 13.7. The van der Waals surface area contributed by atoms with E-state index >= 15 is 0 Å². The van der Waals surface area contributed by atoms with Gasteiger partial charge in [0.1, 0.15) is 11.4 Å². The largest absolute Gasteiger partial charge is 0.493 e. The number of ether oxygens (including phenoxy) is 2. The van der Waals surface area contributed by atoms with E-state index in [-0.39, 0.29) is 5.91 Å². The highest BCUT2D eigenvalue weighted by Gasteiger charge is 2.32. The summed E-state index contributed by atoms with van der Waals surface area (Å²) in [6, 6.07) is 7.45. The standard InChI is InChI=1S/C18H29NO3/c1-6-12-18(5,22-7-2)17(20)19-15-8-10-16(11-9-15)21-13-14(3)4/h8-11,14H,6-7,12-13H2,1-5H3,(H,19,20). The maximum atomic E-state index is 12.4. The molecule has 0 spiro atoms. The predicted molar refractivity (Wildman–Crippen MR) is 90.3 cm³/mol. The van der Waals surface area contributed by atoms with Gasteiger partial charge in [-0.1, -0.05) is 27.2 Å². The first kappa shape index (κ1) is 18.5. The first-order chi connectivity index (χ1) is 10.4. The molecule has 1 rings (SSSR count). The molecule has 0 aliphatic heterocycles. The minimum absolute atomic E-state index is 0.105. The molecular formula is C18H29NO3. The van der Waals surface area contributed by atoms with Crippen LogP contribution in [0.15, 0.2) is 24.3 Å². The molecule has 0 saturated heterocycles. The van der Waals surface area contributed by atoms with Crippen molar-refractivity contribution in [2.45, 2.75) is 53.1 Å². The third kappa shape index (κ3) is 5.68. The number of carbonyl (C=O) groups excluding carboxylic acids is 1. The monoisotopic (exact) mass is 307 g/mol. The zero-order valence-electron chi connectivity index (χ0n) is 14.4. The fourth-order valence-corrected chi connectivity index (χ4v) is 2.21. The van der Waals surface area contributed by atoms with Crippen LogP contribution in [0.3, 0.4) is 0 Å². The van der Waals surface area contributed by atoms with E-state index in [0.717, 1.165) is 17.9 Å². The lowest BCUT2D eigenvalue weighted by Crippen LogP contribution is -2.42. The smallest absolute Gasteiger partial charge is 0.256 e. The van der Waals surface area contributed by atoms with Crippen molar-refractivity contribution in [2.75, 3.05) is 18.5 Å². The van der Waals surface area contributed by atoms with Crippen LogP contribution in [0, 0.1) is 5.92 Å². The van der Waals surface area contributed by atoms with Gasteiger partial charge in [0.25, 0.3) is 5.91 Å². The summed E-state index contributed by atoms with van der Waals surface area (Å²) < 4.78 is 11.3. The number of hydrogen-bond acceptors (Lipinski definition) is 3. The van der Waals surface area contributed by atoms with E-state index in [2.05, 4.69) is 19.2 Å². The molecular weight excluding hydrogens is 278 g/mol. The molecule has 0 radical (unpaired) electrons. The van der Waals surface area contributed by atoms with Crippen LogP contribution in [-0.4, -0.2) is 24.7 Å². The van der Waals surface area contributed by atoms with Gasteiger partial charge in [-0.2, -0.15) is 0 Å². The quantitative estimate of drug-likeness (QED) is 0.741. The second-order valence-electron chi connectivity index (χ2n) is 6.10. The van der Waals surface area contributed by atoms with Gasteiger partial charge < -0.3 is 14.8 Å². The van der Waals surface area contributed by atoms with Crippen molar-refractivity contribution >= 4 is 11.6 Å². The van der Waals surface area contributed by atoms with Gasteiger partial charge in [-0.25, -0.2) is 0 Å². The fourth-order valence-electron chi connectivity index (χ4n) is 2.21. The summed E-state index contributed by atoms with van der Waals surface area (Å²) in [5, 5.41) is 2.92. The molecule has 0 saturated carbocycles. The Balaban J connectivity index is 2.67. The van der Waals surface area contributed by atoms with Gasteiger partial charge in [0.15, 0.2) is 0 Å². The van der Waals surface area contributed by atoms with Crippen molar-refractivity contribution in [3.63, 3.8) is 0 Å². The van der Waals surface area contributed by atoms with E-state index < -0.39 is 5.60 Å². The lowest BCUT2D eigenvalue weighted by molar-refractivity contribution is -0.139. The Bertz CT molecular complexity index is 448. The average Bonchev–Trinajstić information content (AvgIpc) is 2.47. The predicted octanol–water partition coefficient (Wildman–Crippen LogP) is 4.26. The summed E-state index contributed by atoms with van der Waals surface area (Å²) in [6.07, 6.45) is 1.59. The van der Waals surface area contributed by atoms with Gasteiger partial charge in [0.2, 0.25) is 0 Å². The third-order valence-electron chi connectivity index (χ3n) is 3.37. The summed E-state index contributed by atoms with van der Waals surface area (Å²) in [5.41, 5.74) is -0.0278. The molecule has 0 aliphatic rings. The Labute approximate surface area is 134 Å². The van der Waals surface area contributed by atoms with Crippen molar-refractivity contribution in [3.8, 4) is 5.75 Å². The molecule has 1 aromatic rings. The maximum Gasteiger partial charge on any atom is 0.256 e. The van der Waals surface area contributed by atoms with Crippen LogP contribution in [0.25, 0.3) is 0 Å². The molecule has 1 amide bonds. The summed E-state index contributed by atoms with van der Waals surface area (Å²) in [4.78, 5) is 12.4. The molecule has 0 aliphatic carbocycles. The molecule has 1 atom stereocenters. The number of rotatable bonds is 9. The molecule has 0 heterocycles. The van der Waals surface area contributed by atoms with Crippen molar-refractivity contribution in [1.82, 2.24) is 0 Å². The van der Waals surface area contributed by atoms with Gasteiger partial charge in [0, 0.05) is 12.3 Å². The lowest BCUT2D eigenvalue weighted by atomic mass is 9.99. The molecule has 0 fully saturated rings. The Morgan fingerprint density at radius 3 is 2.36 bits per heavy atom. The number of carbonyl (C=O) groups is 1. The third-order valence-corrected chi connectivity index (χ3v) is 3.37. The Hall–Kier alpha value is -1.55. The minimum atomic E-state index is -0.781. The molecule has 0 aromatic heterocycles. The van der Waals surface area contributed by atoms with Crippen LogP contribution < -0.4 is 10.1 Å². The zero-order chi connectivity index (χ0) is 16.6. The number of nitrogens with one attached hydrogen (secondary N) is 1. The average molecular weight is 307 g/mol. The van der Waals surface area contributed by atoms with Gasteiger partial charge in [-0.3, -0.25) is 4.79 Å². The van der Waals surface area contributed by atoms with E-state index in [4.69, 9.17) is 9.47 Å². The molecule has 4 heteroatoms. The summed E-state index contributed by atoms with van der Waals surface area (Å²) in [5.74, 6) is 1.19. The van der Waals surface area contributed by atoms with E-state index in [1.807, 2.05) is 45.0 Å². The highest BCUT2D eigenvalue weighted by atomic mass is 16.5. The van der Waals surface area contributed by atoms with Gasteiger partial charge in [-0.05, 0) is 50.5 Å². The van der Waals surface area contributed by atoms with Crippen molar-refractivity contribution < 1.29 is 14.3 Å². The van der Waals surface area contributed by atoms with E-state index in [9.17, 15) is 4.79 Å². The topological polar surface area (TPSA) is 47.6 Å². The fraction of sp³-hybridized carbons (Fsp3) is 0.611. The van der Waals surface area contributed by atoms with E-state index in [0.29, 0.717) is 25.6 Å². The highest BCUT2D eigenvalue weighted by Crippen LogP contribution is 2.22. The van der Waals surface area contributed by atoms with E-state index in [1.165, 1.54) is 0 Å². The molecule has 1 aromatic carbocycles. The Morgan fingerprint density at radius 2 is 1.86 bits per heavy atom. The minimum Gasteiger partial charge on any atom is -0.493 e. The van der Waals surface area contributed by atoms with Crippen molar-refractivity contribution in [1.29, 1.82) is 0 Å². The summed E-state index contributed by atoms with van der Waals surface area (Å²) in [7, 11) is 0. The Morgan fingerprint density at radius 1 is 1.23 bits per heavy atom. The lowest BCUT2D eigenvalue weighted by Gasteiger charge is -2.27. The van der Waals surface area contributed by atoms with Crippen LogP contribution >= 0.6 is 0 Å². The first-order valence-electron chi connectivity index (χ1n) is 8.09. The van der Waals surface area contributed by atoms with Crippen LogP contribution in [0.2, 0.25) is 0 Å². The van der Waals surface area contributed by atoms with Crippen LogP contribution in [0.1, 0.15) is 47.5 Å². The second kappa shape index (κ2) is 8.79.